The second kappa shape index (κ2) is 31.1. The van der Waals surface area contributed by atoms with E-state index in [1.807, 2.05) is 42.8 Å². The van der Waals surface area contributed by atoms with Gasteiger partial charge in [0, 0.05) is 57.4 Å². The number of carbonyl (C=O) groups excluding carboxylic acids is 7. The minimum absolute atomic E-state index is 0.00463. The number of likely N-dealkylation sites (N-methyl/N-ethyl adjacent to an activating group) is 7. The van der Waals surface area contributed by atoms with E-state index in [1.165, 1.54) is 44.9 Å². The number of aliphatic hydroxyl groups is 1. The number of hydrogen-bond acceptors (Lipinski definition) is 18. The largest absolute Gasteiger partial charge is 0.392 e. The Morgan fingerprint density at radius 2 is 1.11 bits per heavy atom. The maximum atomic E-state index is 11.5. The molecular formula is C57H98N8O9S. The molecule has 3 aliphatic carbocycles. The van der Waals surface area contributed by atoms with Gasteiger partial charge < -0.3 is 5.11 Å². The molecule has 7 saturated heterocycles. The third-order valence-electron chi connectivity index (χ3n) is 17.4. The number of hydrazine groups is 1. The summed E-state index contributed by atoms with van der Waals surface area (Å²) >= 11 is 1.82. The second-order valence-corrected chi connectivity index (χ2v) is 24.0. The van der Waals surface area contributed by atoms with Crippen LogP contribution in [0.1, 0.15) is 126 Å². The highest BCUT2D eigenvalue weighted by molar-refractivity contribution is 7.99. The molecule has 10 aliphatic rings. The fourth-order valence-electron chi connectivity index (χ4n) is 13.1. The third kappa shape index (κ3) is 18.6. The van der Waals surface area contributed by atoms with E-state index in [2.05, 4.69) is 70.5 Å². The van der Waals surface area contributed by atoms with Gasteiger partial charge in [0.1, 0.15) is 40.5 Å². The van der Waals surface area contributed by atoms with E-state index in [9.17, 15) is 33.6 Å². The number of hydroxylamine groups is 2. The van der Waals surface area contributed by atoms with E-state index in [0.29, 0.717) is 66.6 Å². The predicted octanol–water partition coefficient (Wildman–Crippen LogP) is 4.75. The van der Waals surface area contributed by atoms with Gasteiger partial charge in [-0.25, -0.2) is 5.01 Å². The maximum Gasteiger partial charge on any atom is 0.149 e. The van der Waals surface area contributed by atoms with E-state index in [1.54, 1.807) is 60.6 Å². The van der Waals surface area contributed by atoms with E-state index in [4.69, 9.17) is 9.94 Å². The molecule has 0 aromatic heterocycles. The number of hydrogen-bond donors (Lipinski definition) is 2. The summed E-state index contributed by atoms with van der Waals surface area (Å²) < 4.78 is 0. The Kier molecular flexibility index (Phi) is 26.8. The van der Waals surface area contributed by atoms with Crippen molar-refractivity contribution in [2.75, 3.05) is 87.2 Å². The number of aliphatic hydroxyl groups excluding tert-OH is 1. The summed E-state index contributed by atoms with van der Waals surface area (Å²) in [4.78, 5) is 92.9. The lowest BCUT2D eigenvalue weighted by Crippen LogP contribution is -2.36. The molecule has 2 N–H and O–H groups in total. The van der Waals surface area contributed by atoms with Crippen LogP contribution in [0.5, 0.6) is 0 Å². The van der Waals surface area contributed by atoms with Crippen molar-refractivity contribution in [1.29, 1.82) is 0 Å². The Hall–Kier alpha value is -2.88. The number of rotatable bonds is 7. The van der Waals surface area contributed by atoms with E-state index in [-0.39, 0.29) is 65.7 Å². The topological polar surface area (TPSA) is 184 Å². The van der Waals surface area contributed by atoms with Crippen LogP contribution in [0.25, 0.3) is 0 Å². The Balaban J connectivity index is 0.000000190. The van der Waals surface area contributed by atoms with E-state index < -0.39 is 0 Å². The normalized spacial score (nSPS) is 35.2. The Morgan fingerprint density at radius 3 is 1.51 bits per heavy atom. The lowest BCUT2D eigenvalue weighted by molar-refractivity contribution is -0.140. The molecule has 0 aromatic carbocycles. The van der Waals surface area contributed by atoms with Crippen molar-refractivity contribution < 1.29 is 43.5 Å². The minimum atomic E-state index is -0.307. The summed E-state index contributed by atoms with van der Waals surface area (Å²) in [5.74, 6) is 6.81. The highest BCUT2D eigenvalue weighted by atomic mass is 32.2. The summed E-state index contributed by atoms with van der Waals surface area (Å²) in [5, 5.41) is 12.6. The number of carbonyl (C=O) groups is 7. The van der Waals surface area contributed by atoms with Crippen LogP contribution in [0, 0.1) is 23.7 Å². The molecule has 1 saturated carbocycles. The molecule has 18 heteroatoms. The molecule has 14 atom stereocenters. The summed E-state index contributed by atoms with van der Waals surface area (Å²) in [6.07, 6.45) is 22.2. The van der Waals surface area contributed by atoms with Gasteiger partial charge in [0.25, 0.3) is 0 Å². The number of ketones is 7. The van der Waals surface area contributed by atoms with Crippen LogP contribution in [0.4, 0.5) is 0 Å². The lowest BCUT2D eigenvalue weighted by Gasteiger charge is -2.27. The van der Waals surface area contributed by atoms with Crippen molar-refractivity contribution in [3.63, 3.8) is 0 Å². The molecule has 75 heavy (non-hydrogen) atoms. The molecule has 0 spiro atoms. The van der Waals surface area contributed by atoms with Crippen molar-refractivity contribution in [2.45, 2.75) is 186 Å². The van der Waals surface area contributed by atoms with Gasteiger partial charge in [-0.05, 0) is 172 Å². The van der Waals surface area contributed by atoms with Gasteiger partial charge >= 0.3 is 0 Å². The van der Waals surface area contributed by atoms with Crippen molar-refractivity contribution >= 4 is 52.2 Å². The van der Waals surface area contributed by atoms with Gasteiger partial charge in [-0.15, -0.1) is 11.8 Å². The van der Waals surface area contributed by atoms with Crippen molar-refractivity contribution in [3.05, 3.63) is 24.3 Å². The van der Waals surface area contributed by atoms with Crippen molar-refractivity contribution in [2.24, 2.45) is 23.7 Å². The Labute approximate surface area is 455 Å². The zero-order valence-corrected chi connectivity index (χ0v) is 49.2. The number of Topliss-reactive ketones (excluding diaryl/α,β-unsaturated/α-hetero) is 7. The zero-order chi connectivity index (χ0) is 55.8. The van der Waals surface area contributed by atoms with Gasteiger partial charge in [-0.1, -0.05) is 37.1 Å². The van der Waals surface area contributed by atoms with Gasteiger partial charge in [0.15, 0.2) is 0 Å². The van der Waals surface area contributed by atoms with Crippen LogP contribution in [0.2, 0.25) is 0 Å². The quantitative estimate of drug-likeness (QED) is 0.333. The van der Waals surface area contributed by atoms with Crippen LogP contribution < -0.4 is 5.43 Å². The number of nitrogens with one attached hydrogen (secondary N) is 1. The van der Waals surface area contributed by atoms with Crippen LogP contribution in [0.3, 0.4) is 0 Å². The molecular weight excluding hydrogens is 973 g/mol. The second-order valence-electron chi connectivity index (χ2n) is 23.0. The number of fused-ring (bicyclic) bond motifs is 3. The van der Waals surface area contributed by atoms with Gasteiger partial charge in [-0.2, -0.15) is 5.06 Å². The summed E-state index contributed by atoms with van der Waals surface area (Å²) in [7, 11) is 13.8. The first-order valence-corrected chi connectivity index (χ1v) is 29.0. The highest BCUT2D eigenvalue weighted by Gasteiger charge is 2.44. The first kappa shape index (κ1) is 64.6. The molecule has 17 nitrogen and oxygen atoms in total. The smallest absolute Gasteiger partial charge is 0.149 e. The number of β-amino-alcohol motifs (C(OH)–C–C–N with tert-alkyl or cyclic N) is 1. The molecule has 8 fully saturated rings. The standard InChI is InChI=1S/C11H19NO.C11H17NO.C10H15NO.C7H13NO2.C6H12N2O.C6H11NO2.C6H11NOS/c1-8(13)11-10-6-4-3-5-9(10)7-12(11)2;1-8(13)11-7-9-5-3-4-6-10(9)12(11)2;1-7(12)10-6-8-4-3-5-9(8)11(10)2;1-5(9)7-3-6(10)4-8(7)2;1-5(9)6-3-4-7-8(6)2;1-5(8)6-3-4-9-7(6)2;1-5(8)6-3-9-4-7(6)2/h9-11H,3-7H2,1-2H3;4,6,9-11H,3,5,7H2,1-2H3;3,5,8-10H,4,6H2,1-2H3;6-7,10H,3-4H2,1-2H3;6-7H,3-4H2,1-2H3;2*6H,3-4H2,1-2H3. The number of nitrogens with zero attached hydrogens (tertiary/aromatic N) is 7. The first-order valence-electron chi connectivity index (χ1n) is 27.8. The minimum Gasteiger partial charge on any atom is -0.392 e. The molecule has 0 radical (unpaired) electrons. The van der Waals surface area contributed by atoms with E-state index in [0.717, 1.165) is 62.2 Å². The summed E-state index contributed by atoms with van der Waals surface area (Å²) in [6.45, 7) is 15.0. The van der Waals surface area contributed by atoms with Crippen LogP contribution >= 0.6 is 11.8 Å². The predicted molar refractivity (Wildman–Crippen MR) is 298 cm³/mol. The van der Waals surface area contributed by atoms with Crippen LogP contribution in [-0.2, 0) is 38.4 Å². The fourth-order valence-corrected chi connectivity index (χ4v) is 14.4. The van der Waals surface area contributed by atoms with Crippen LogP contribution in [-0.4, -0.2) is 228 Å². The number of allylic oxidation sites excluding steroid dienone is 2. The van der Waals surface area contributed by atoms with Gasteiger partial charge in [0.2, 0.25) is 0 Å². The first-order chi connectivity index (χ1) is 35.3. The molecule has 426 valence electrons. The molecule has 0 aromatic rings. The molecule has 10 rings (SSSR count). The monoisotopic (exact) mass is 1070 g/mol. The highest BCUT2D eigenvalue weighted by Crippen LogP contribution is 2.40. The van der Waals surface area contributed by atoms with Gasteiger partial charge in [-0.3, -0.25) is 68.3 Å². The molecule has 0 bridgehead atoms. The fraction of sp³-hybridized carbons (Fsp3) is 0.807. The average Bonchev–Trinajstić information content (AvgIpc) is 4.22. The summed E-state index contributed by atoms with van der Waals surface area (Å²) in [6, 6.07) is 1.94. The van der Waals surface area contributed by atoms with E-state index >= 15 is 0 Å². The third-order valence-corrected chi connectivity index (χ3v) is 18.5. The summed E-state index contributed by atoms with van der Waals surface area (Å²) in [5.41, 5.74) is 3.06. The van der Waals surface area contributed by atoms with Crippen LogP contribution in [0.15, 0.2) is 24.3 Å². The Morgan fingerprint density at radius 1 is 0.547 bits per heavy atom. The zero-order valence-electron chi connectivity index (χ0n) is 48.4. The molecule has 14 unspecified atom stereocenters. The maximum absolute atomic E-state index is 11.5. The molecule has 7 aliphatic heterocycles. The number of thioether (sulfide) groups is 1. The number of likely N-dealkylation sites (tertiary alicyclic amines) is 4. The Bertz CT molecular complexity index is 1900. The SMILES string of the molecule is CC(=O)C1C2CCCCC2CN1C.CC(=O)C1CC(O)CN1C.CC(=O)C1CC2CC=CC2N1C.CC(=O)C1CC2CCC=CC2N1C.CC(=O)C1CCNN1C.CC(=O)C1CCON1C.CC(=O)C1CSCN1C. The van der Waals surface area contributed by atoms with Crippen molar-refractivity contribution in [3.8, 4) is 0 Å². The molecule has 7 heterocycles. The van der Waals surface area contributed by atoms with Gasteiger partial charge in [0.05, 0.1) is 55.0 Å². The molecule has 0 amide bonds. The average molecular weight is 1070 g/mol. The lowest BCUT2D eigenvalue weighted by atomic mass is 9.78. The van der Waals surface area contributed by atoms with Crippen molar-refractivity contribution in [1.82, 2.24) is 40.0 Å².